The number of carbonyl (C=O) groups is 1. The molecule has 1 aromatic carbocycles. The summed E-state index contributed by atoms with van der Waals surface area (Å²) in [6.45, 7) is 8.94. The van der Waals surface area contributed by atoms with Crippen LogP contribution in [0.1, 0.15) is 116 Å². The summed E-state index contributed by atoms with van der Waals surface area (Å²) in [4.78, 5) is 12.2. The van der Waals surface area contributed by atoms with Crippen LogP contribution in [0.15, 0.2) is 24.3 Å². The SMILES string of the molecule is CCCCCCCCCCCCCC(=O)Cc1ccc(C(C)(C)C)cc1. The van der Waals surface area contributed by atoms with Crippen molar-refractivity contribution in [2.45, 2.75) is 117 Å². The molecule has 0 aliphatic heterocycles. The number of benzene rings is 1. The van der Waals surface area contributed by atoms with Gasteiger partial charge in [-0.2, -0.15) is 0 Å². The van der Waals surface area contributed by atoms with Gasteiger partial charge >= 0.3 is 0 Å². The molecular formula is C25H42O. The van der Waals surface area contributed by atoms with Gasteiger partial charge in [-0.25, -0.2) is 0 Å². The minimum Gasteiger partial charge on any atom is -0.299 e. The van der Waals surface area contributed by atoms with E-state index in [1.807, 2.05) is 0 Å². The average Bonchev–Trinajstić information content (AvgIpc) is 2.59. The van der Waals surface area contributed by atoms with Crippen molar-refractivity contribution < 1.29 is 4.79 Å². The van der Waals surface area contributed by atoms with Gasteiger partial charge in [0, 0.05) is 12.8 Å². The van der Waals surface area contributed by atoms with E-state index >= 15 is 0 Å². The molecule has 0 saturated carbocycles. The second kappa shape index (κ2) is 13.1. The Morgan fingerprint density at radius 1 is 0.731 bits per heavy atom. The highest BCUT2D eigenvalue weighted by molar-refractivity contribution is 5.80. The Morgan fingerprint density at radius 3 is 1.65 bits per heavy atom. The van der Waals surface area contributed by atoms with Gasteiger partial charge in [-0.05, 0) is 23.0 Å². The number of ketones is 1. The van der Waals surface area contributed by atoms with E-state index in [4.69, 9.17) is 0 Å². The van der Waals surface area contributed by atoms with Crippen molar-refractivity contribution in [1.29, 1.82) is 0 Å². The van der Waals surface area contributed by atoms with Gasteiger partial charge in [0.1, 0.15) is 5.78 Å². The Balaban J connectivity index is 2.03. The largest absolute Gasteiger partial charge is 0.299 e. The summed E-state index contributed by atoms with van der Waals surface area (Å²) in [7, 11) is 0. The Morgan fingerprint density at radius 2 is 1.19 bits per heavy atom. The molecule has 0 radical (unpaired) electrons. The van der Waals surface area contributed by atoms with Gasteiger partial charge in [0.2, 0.25) is 0 Å². The van der Waals surface area contributed by atoms with Crippen molar-refractivity contribution in [1.82, 2.24) is 0 Å². The van der Waals surface area contributed by atoms with Crippen molar-refractivity contribution in [3.8, 4) is 0 Å². The third kappa shape index (κ3) is 10.8. The van der Waals surface area contributed by atoms with Gasteiger partial charge in [0.25, 0.3) is 0 Å². The van der Waals surface area contributed by atoms with Crippen molar-refractivity contribution in [3.63, 3.8) is 0 Å². The molecule has 0 bridgehead atoms. The van der Waals surface area contributed by atoms with E-state index in [0.717, 1.165) is 18.4 Å². The molecule has 0 N–H and O–H groups in total. The molecule has 0 aliphatic carbocycles. The maximum absolute atomic E-state index is 12.2. The van der Waals surface area contributed by atoms with Crippen LogP contribution in [0.3, 0.4) is 0 Å². The molecule has 0 spiro atoms. The number of Topliss-reactive ketones (excluding diaryl/α,β-unsaturated/α-hetero) is 1. The Labute approximate surface area is 163 Å². The Bertz CT molecular complexity index is 478. The van der Waals surface area contributed by atoms with Crippen LogP contribution in [0.5, 0.6) is 0 Å². The topological polar surface area (TPSA) is 17.1 Å². The molecular weight excluding hydrogens is 316 g/mol. The first-order valence-electron chi connectivity index (χ1n) is 11.0. The smallest absolute Gasteiger partial charge is 0.137 e. The Hall–Kier alpha value is -1.11. The third-order valence-electron chi connectivity index (χ3n) is 5.28. The average molecular weight is 359 g/mol. The molecule has 0 fully saturated rings. The highest BCUT2D eigenvalue weighted by Crippen LogP contribution is 2.22. The van der Waals surface area contributed by atoms with Crippen molar-refractivity contribution in [3.05, 3.63) is 35.4 Å². The van der Waals surface area contributed by atoms with Crippen LogP contribution >= 0.6 is 0 Å². The predicted octanol–water partition coefficient (Wildman–Crippen LogP) is 7.80. The summed E-state index contributed by atoms with van der Waals surface area (Å²) < 4.78 is 0. The molecule has 1 heteroatoms. The number of hydrogen-bond acceptors (Lipinski definition) is 1. The fraction of sp³-hybridized carbons (Fsp3) is 0.720. The lowest BCUT2D eigenvalue weighted by atomic mass is 9.86. The van der Waals surface area contributed by atoms with Crippen molar-refractivity contribution in [2.75, 3.05) is 0 Å². The van der Waals surface area contributed by atoms with Crippen LogP contribution in [0, 0.1) is 0 Å². The van der Waals surface area contributed by atoms with E-state index in [2.05, 4.69) is 52.0 Å². The van der Waals surface area contributed by atoms with Gasteiger partial charge in [0.05, 0.1) is 0 Å². The fourth-order valence-electron chi connectivity index (χ4n) is 3.43. The molecule has 0 heterocycles. The van der Waals surface area contributed by atoms with Crippen LogP contribution in [0.4, 0.5) is 0 Å². The second-order valence-electron chi connectivity index (χ2n) is 8.95. The van der Waals surface area contributed by atoms with Crippen LogP contribution in [0.2, 0.25) is 0 Å². The molecule has 1 nitrogen and oxygen atoms in total. The number of rotatable bonds is 14. The van der Waals surface area contributed by atoms with E-state index in [1.54, 1.807) is 0 Å². The van der Waals surface area contributed by atoms with E-state index in [9.17, 15) is 4.79 Å². The predicted molar refractivity (Wildman–Crippen MR) is 115 cm³/mol. The first kappa shape index (κ1) is 22.9. The van der Waals surface area contributed by atoms with Gasteiger partial charge < -0.3 is 0 Å². The summed E-state index contributed by atoms with van der Waals surface area (Å²) in [6, 6.07) is 8.59. The zero-order valence-electron chi connectivity index (χ0n) is 17.9. The van der Waals surface area contributed by atoms with Crippen LogP contribution in [-0.2, 0) is 16.6 Å². The number of carbonyl (C=O) groups excluding carboxylic acids is 1. The highest BCUT2D eigenvalue weighted by Gasteiger charge is 2.13. The standard InChI is InChI=1S/C25H42O/c1-5-6-7-8-9-10-11-12-13-14-15-16-24(26)21-22-17-19-23(20-18-22)25(2,3)4/h17-20H,5-16,21H2,1-4H3. The minimum absolute atomic E-state index is 0.179. The van der Waals surface area contributed by atoms with Crippen molar-refractivity contribution in [2.24, 2.45) is 0 Å². The molecule has 0 unspecified atom stereocenters. The summed E-state index contributed by atoms with van der Waals surface area (Å²) in [5.74, 6) is 0.393. The summed E-state index contributed by atoms with van der Waals surface area (Å²) >= 11 is 0. The maximum Gasteiger partial charge on any atom is 0.137 e. The lowest BCUT2D eigenvalue weighted by molar-refractivity contribution is -0.118. The molecule has 0 saturated heterocycles. The van der Waals surface area contributed by atoms with Gasteiger partial charge in [-0.1, -0.05) is 116 Å². The second-order valence-corrected chi connectivity index (χ2v) is 8.95. The molecule has 148 valence electrons. The quantitative estimate of drug-likeness (QED) is 0.310. The number of hydrogen-bond donors (Lipinski definition) is 0. The Kier molecular flexibility index (Phi) is 11.6. The molecule has 0 aliphatic rings. The first-order valence-corrected chi connectivity index (χ1v) is 11.0. The number of unbranched alkanes of at least 4 members (excludes halogenated alkanes) is 10. The molecule has 0 atom stereocenters. The normalized spacial score (nSPS) is 11.7. The lowest BCUT2D eigenvalue weighted by Gasteiger charge is -2.19. The van der Waals surface area contributed by atoms with E-state index in [1.165, 1.54) is 69.8 Å². The highest BCUT2D eigenvalue weighted by atomic mass is 16.1. The van der Waals surface area contributed by atoms with Crippen LogP contribution in [0.25, 0.3) is 0 Å². The molecule has 0 aromatic heterocycles. The molecule has 1 aromatic rings. The van der Waals surface area contributed by atoms with Crippen LogP contribution in [-0.4, -0.2) is 5.78 Å². The first-order chi connectivity index (χ1) is 12.4. The monoisotopic (exact) mass is 358 g/mol. The summed E-state index contributed by atoms with van der Waals surface area (Å²) in [5.41, 5.74) is 2.67. The minimum atomic E-state index is 0.179. The maximum atomic E-state index is 12.2. The summed E-state index contributed by atoms with van der Waals surface area (Å²) in [5, 5.41) is 0. The van der Waals surface area contributed by atoms with Gasteiger partial charge in [-0.15, -0.1) is 0 Å². The molecule has 0 amide bonds. The van der Waals surface area contributed by atoms with Gasteiger partial charge in [-0.3, -0.25) is 4.79 Å². The molecule has 26 heavy (non-hydrogen) atoms. The summed E-state index contributed by atoms with van der Waals surface area (Å²) in [6.07, 6.45) is 16.0. The van der Waals surface area contributed by atoms with Crippen molar-refractivity contribution >= 4 is 5.78 Å². The van der Waals surface area contributed by atoms with Crippen LogP contribution < -0.4 is 0 Å². The lowest BCUT2D eigenvalue weighted by Crippen LogP contribution is -2.11. The zero-order valence-corrected chi connectivity index (χ0v) is 17.9. The molecule has 1 rings (SSSR count). The fourth-order valence-corrected chi connectivity index (χ4v) is 3.43. The third-order valence-corrected chi connectivity index (χ3v) is 5.28. The van der Waals surface area contributed by atoms with E-state index in [-0.39, 0.29) is 5.41 Å². The zero-order chi connectivity index (χ0) is 19.3. The van der Waals surface area contributed by atoms with Gasteiger partial charge in [0.15, 0.2) is 0 Å². The van der Waals surface area contributed by atoms with E-state index in [0.29, 0.717) is 12.2 Å². The van der Waals surface area contributed by atoms with E-state index < -0.39 is 0 Å².